The molecule has 2 rings (SSSR count). The Morgan fingerprint density at radius 1 is 1.13 bits per heavy atom. The second-order valence-corrected chi connectivity index (χ2v) is 5.68. The summed E-state index contributed by atoms with van der Waals surface area (Å²) in [4.78, 5) is 0. The van der Waals surface area contributed by atoms with E-state index in [2.05, 4.69) is 15.9 Å². The van der Waals surface area contributed by atoms with E-state index in [4.69, 9.17) is 0 Å². The second kappa shape index (κ2) is 4.78. The standard InChI is InChI=1S/C11H11BrOS2/c12-4-3-11(13,9-1-5-14-7-9)10-2-6-15-8-10/h1-2,5-8,13H,3-4H2. The molecule has 1 N–H and O–H groups in total. The average Bonchev–Trinajstić information content (AvgIpc) is 2.92. The Balaban J connectivity index is 2.41. The highest BCUT2D eigenvalue weighted by Gasteiger charge is 2.31. The smallest absolute Gasteiger partial charge is 0.117 e. The van der Waals surface area contributed by atoms with Crippen LogP contribution in [0.15, 0.2) is 33.7 Å². The van der Waals surface area contributed by atoms with Crippen molar-refractivity contribution < 1.29 is 5.11 Å². The molecule has 0 saturated heterocycles. The van der Waals surface area contributed by atoms with Gasteiger partial charge in [0.05, 0.1) is 0 Å². The van der Waals surface area contributed by atoms with Crippen LogP contribution in [-0.4, -0.2) is 10.4 Å². The summed E-state index contributed by atoms with van der Waals surface area (Å²) >= 11 is 6.64. The van der Waals surface area contributed by atoms with E-state index < -0.39 is 5.60 Å². The van der Waals surface area contributed by atoms with E-state index in [1.807, 2.05) is 33.7 Å². The summed E-state index contributed by atoms with van der Waals surface area (Å²) in [5, 5.41) is 19.5. The van der Waals surface area contributed by atoms with E-state index >= 15 is 0 Å². The zero-order chi connectivity index (χ0) is 10.7. The fourth-order valence-corrected chi connectivity index (χ4v) is 3.61. The lowest BCUT2D eigenvalue weighted by atomic mass is 9.88. The highest BCUT2D eigenvalue weighted by atomic mass is 79.9. The molecule has 0 amide bonds. The number of aliphatic hydroxyl groups is 1. The fraction of sp³-hybridized carbons (Fsp3) is 0.273. The summed E-state index contributed by atoms with van der Waals surface area (Å²) in [7, 11) is 0. The second-order valence-electron chi connectivity index (χ2n) is 3.32. The van der Waals surface area contributed by atoms with Gasteiger partial charge in [-0.05, 0) is 51.2 Å². The van der Waals surface area contributed by atoms with Gasteiger partial charge in [0, 0.05) is 5.33 Å². The minimum Gasteiger partial charge on any atom is -0.380 e. The average molecular weight is 303 g/mol. The molecular weight excluding hydrogens is 292 g/mol. The van der Waals surface area contributed by atoms with Gasteiger partial charge >= 0.3 is 0 Å². The van der Waals surface area contributed by atoms with Crippen LogP contribution in [0.4, 0.5) is 0 Å². The molecule has 2 heterocycles. The van der Waals surface area contributed by atoms with Crippen LogP contribution >= 0.6 is 38.6 Å². The number of thiophene rings is 2. The Morgan fingerprint density at radius 3 is 2.00 bits per heavy atom. The normalized spacial score (nSPS) is 11.9. The third-order valence-corrected chi connectivity index (χ3v) is 4.22. The van der Waals surface area contributed by atoms with E-state index in [1.54, 1.807) is 22.7 Å². The quantitative estimate of drug-likeness (QED) is 0.851. The fourth-order valence-electron chi connectivity index (χ4n) is 1.59. The summed E-state index contributed by atoms with van der Waals surface area (Å²) in [6.45, 7) is 0. The van der Waals surface area contributed by atoms with Gasteiger partial charge in [0.25, 0.3) is 0 Å². The van der Waals surface area contributed by atoms with E-state index in [0.717, 1.165) is 16.5 Å². The van der Waals surface area contributed by atoms with Crippen molar-refractivity contribution in [3.63, 3.8) is 0 Å². The summed E-state index contributed by atoms with van der Waals surface area (Å²) in [6, 6.07) is 3.98. The third kappa shape index (κ3) is 2.18. The lowest BCUT2D eigenvalue weighted by Crippen LogP contribution is -2.26. The molecule has 0 atom stereocenters. The van der Waals surface area contributed by atoms with Crippen LogP contribution in [0.3, 0.4) is 0 Å². The maximum atomic E-state index is 10.7. The van der Waals surface area contributed by atoms with Crippen LogP contribution in [0, 0.1) is 0 Å². The molecule has 80 valence electrons. The van der Waals surface area contributed by atoms with Crippen molar-refractivity contribution in [1.82, 2.24) is 0 Å². The third-order valence-electron chi connectivity index (χ3n) is 2.45. The first-order valence-corrected chi connectivity index (χ1v) is 7.62. The molecule has 15 heavy (non-hydrogen) atoms. The predicted molar refractivity (Wildman–Crippen MR) is 70.0 cm³/mol. The van der Waals surface area contributed by atoms with Crippen molar-refractivity contribution in [3.8, 4) is 0 Å². The Hall–Kier alpha value is -0.160. The van der Waals surface area contributed by atoms with Crippen LogP contribution in [0.25, 0.3) is 0 Å². The Labute approximate surface area is 106 Å². The first-order valence-electron chi connectivity index (χ1n) is 4.61. The maximum absolute atomic E-state index is 10.7. The molecule has 2 aromatic heterocycles. The Kier molecular flexibility index (Phi) is 3.61. The summed E-state index contributed by atoms with van der Waals surface area (Å²) in [5.74, 6) is 0. The van der Waals surface area contributed by atoms with E-state index in [-0.39, 0.29) is 0 Å². The van der Waals surface area contributed by atoms with Gasteiger partial charge in [0.1, 0.15) is 5.60 Å². The van der Waals surface area contributed by atoms with E-state index in [1.165, 1.54) is 0 Å². The number of hydrogen-bond acceptors (Lipinski definition) is 3. The molecule has 1 nitrogen and oxygen atoms in total. The van der Waals surface area contributed by atoms with Gasteiger partial charge in [-0.2, -0.15) is 22.7 Å². The molecule has 4 heteroatoms. The van der Waals surface area contributed by atoms with Gasteiger partial charge in [-0.15, -0.1) is 0 Å². The molecule has 0 fully saturated rings. The van der Waals surface area contributed by atoms with Crippen molar-refractivity contribution in [1.29, 1.82) is 0 Å². The summed E-state index contributed by atoms with van der Waals surface area (Å²) < 4.78 is 0. The molecule has 0 aliphatic heterocycles. The maximum Gasteiger partial charge on any atom is 0.117 e. The molecule has 0 bridgehead atoms. The highest BCUT2D eigenvalue weighted by Crippen LogP contribution is 2.35. The predicted octanol–water partition coefficient (Wildman–Crippen LogP) is 3.83. The first kappa shape index (κ1) is 11.3. The number of rotatable bonds is 4. The summed E-state index contributed by atoms with van der Waals surface area (Å²) in [5.41, 5.74) is 1.15. The largest absolute Gasteiger partial charge is 0.380 e. The summed E-state index contributed by atoms with van der Waals surface area (Å²) in [6.07, 6.45) is 0.695. The zero-order valence-electron chi connectivity index (χ0n) is 8.02. The van der Waals surface area contributed by atoms with Crippen LogP contribution < -0.4 is 0 Å². The van der Waals surface area contributed by atoms with Crippen LogP contribution in [0.2, 0.25) is 0 Å². The molecule has 0 aromatic carbocycles. The number of halogens is 1. The van der Waals surface area contributed by atoms with Gasteiger partial charge < -0.3 is 5.11 Å². The van der Waals surface area contributed by atoms with Crippen molar-refractivity contribution in [3.05, 3.63) is 44.8 Å². The van der Waals surface area contributed by atoms with Crippen LogP contribution in [0.5, 0.6) is 0 Å². The topological polar surface area (TPSA) is 20.2 Å². The SMILES string of the molecule is OC(CCBr)(c1ccsc1)c1ccsc1. The molecular formula is C11H11BrOS2. The van der Waals surface area contributed by atoms with Gasteiger partial charge in [0.15, 0.2) is 0 Å². The molecule has 0 unspecified atom stereocenters. The molecule has 0 spiro atoms. The number of hydrogen-bond donors (Lipinski definition) is 1. The van der Waals surface area contributed by atoms with Crippen LogP contribution in [0.1, 0.15) is 17.5 Å². The molecule has 0 radical (unpaired) electrons. The molecule has 2 aromatic rings. The molecule has 0 aliphatic rings. The first-order chi connectivity index (χ1) is 7.27. The van der Waals surface area contributed by atoms with E-state index in [0.29, 0.717) is 6.42 Å². The van der Waals surface area contributed by atoms with Gasteiger partial charge in [-0.1, -0.05) is 15.9 Å². The highest BCUT2D eigenvalue weighted by molar-refractivity contribution is 9.09. The van der Waals surface area contributed by atoms with Crippen molar-refractivity contribution in [2.45, 2.75) is 12.0 Å². The Bertz CT molecular complexity index is 360. The van der Waals surface area contributed by atoms with E-state index in [9.17, 15) is 5.11 Å². The Morgan fingerprint density at radius 2 is 1.67 bits per heavy atom. The van der Waals surface area contributed by atoms with Gasteiger partial charge in [-0.3, -0.25) is 0 Å². The lowest BCUT2D eigenvalue weighted by molar-refractivity contribution is 0.0791. The lowest BCUT2D eigenvalue weighted by Gasteiger charge is -2.26. The van der Waals surface area contributed by atoms with Gasteiger partial charge in [0.2, 0.25) is 0 Å². The molecule has 0 aliphatic carbocycles. The zero-order valence-corrected chi connectivity index (χ0v) is 11.2. The van der Waals surface area contributed by atoms with Crippen molar-refractivity contribution in [2.75, 3.05) is 5.33 Å². The minimum atomic E-state index is -0.830. The minimum absolute atomic E-state index is 0.695. The van der Waals surface area contributed by atoms with Crippen molar-refractivity contribution >= 4 is 38.6 Å². The molecule has 0 saturated carbocycles. The number of alkyl halides is 1. The van der Waals surface area contributed by atoms with Crippen LogP contribution in [-0.2, 0) is 5.60 Å². The monoisotopic (exact) mass is 302 g/mol. The van der Waals surface area contributed by atoms with Crippen molar-refractivity contribution in [2.24, 2.45) is 0 Å². The van der Waals surface area contributed by atoms with Gasteiger partial charge in [-0.25, -0.2) is 0 Å².